The van der Waals surface area contributed by atoms with E-state index in [1.807, 2.05) is 11.3 Å². The molecule has 2 aromatic carbocycles. The fourth-order valence-corrected chi connectivity index (χ4v) is 3.87. The molecule has 1 nitrogen and oxygen atoms in total. The van der Waals surface area contributed by atoms with Gasteiger partial charge in [0, 0.05) is 4.70 Å². The Morgan fingerprint density at radius 1 is 1.05 bits per heavy atom. The lowest BCUT2D eigenvalue weighted by molar-refractivity contribution is 0.632. The van der Waals surface area contributed by atoms with E-state index in [1.54, 1.807) is 0 Å². The number of hydrogen-bond acceptors (Lipinski definition) is 2. The Hall–Kier alpha value is -1.64. The summed E-state index contributed by atoms with van der Waals surface area (Å²) in [6, 6.07) is 15.7. The third-order valence-corrected chi connectivity index (χ3v) is 4.96. The highest BCUT2D eigenvalue weighted by atomic mass is 32.1. The van der Waals surface area contributed by atoms with Gasteiger partial charge >= 0.3 is 0 Å². The molecule has 1 N–H and O–H groups in total. The summed E-state index contributed by atoms with van der Waals surface area (Å²) >= 11 is 1.83. The molecule has 2 heteroatoms. The van der Waals surface area contributed by atoms with Crippen LogP contribution in [0.1, 0.15) is 35.2 Å². The minimum atomic E-state index is 0.269. The van der Waals surface area contributed by atoms with E-state index >= 15 is 0 Å². The first-order chi connectivity index (χ1) is 10.2. The molecule has 3 rings (SSSR count). The van der Waals surface area contributed by atoms with E-state index in [4.69, 9.17) is 0 Å². The zero-order valence-corrected chi connectivity index (χ0v) is 13.6. The maximum absolute atomic E-state index is 3.67. The molecule has 0 saturated heterocycles. The molecule has 1 aromatic heterocycles. The summed E-state index contributed by atoms with van der Waals surface area (Å²) in [6.07, 6.45) is 0. The van der Waals surface area contributed by atoms with Gasteiger partial charge in [-0.2, -0.15) is 0 Å². The third-order valence-electron chi connectivity index (χ3n) is 3.98. The van der Waals surface area contributed by atoms with E-state index in [0.717, 1.165) is 6.54 Å². The SMILES string of the molecule is CCNC(c1cc(C)ccc1C)c1csc2ccccc12. The Morgan fingerprint density at radius 2 is 1.86 bits per heavy atom. The fraction of sp³-hybridized carbons (Fsp3) is 0.263. The van der Waals surface area contributed by atoms with Gasteiger partial charge in [-0.05, 0) is 53.9 Å². The van der Waals surface area contributed by atoms with Gasteiger partial charge in [-0.15, -0.1) is 11.3 Å². The van der Waals surface area contributed by atoms with Crippen molar-refractivity contribution < 1.29 is 0 Å². The van der Waals surface area contributed by atoms with Gasteiger partial charge in [0.05, 0.1) is 6.04 Å². The predicted molar refractivity (Wildman–Crippen MR) is 93.3 cm³/mol. The summed E-state index contributed by atoms with van der Waals surface area (Å²) in [7, 11) is 0. The normalized spacial score (nSPS) is 12.7. The van der Waals surface area contributed by atoms with Crippen LogP contribution in [-0.4, -0.2) is 6.54 Å². The van der Waals surface area contributed by atoms with Crippen molar-refractivity contribution in [3.05, 3.63) is 70.1 Å². The summed E-state index contributed by atoms with van der Waals surface area (Å²) in [6.45, 7) is 7.50. The molecule has 1 heterocycles. The molecule has 1 atom stereocenters. The van der Waals surface area contributed by atoms with E-state index in [2.05, 4.69) is 73.9 Å². The molecule has 0 saturated carbocycles. The van der Waals surface area contributed by atoms with Gasteiger partial charge in [0.2, 0.25) is 0 Å². The molecule has 1 unspecified atom stereocenters. The Morgan fingerprint density at radius 3 is 2.67 bits per heavy atom. The van der Waals surface area contributed by atoms with Crippen molar-refractivity contribution in [3.63, 3.8) is 0 Å². The highest BCUT2D eigenvalue weighted by molar-refractivity contribution is 7.17. The van der Waals surface area contributed by atoms with Crippen LogP contribution >= 0.6 is 11.3 Å². The molecule has 0 radical (unpaired) electrons. The number of aryl methyl sites for hydroxylation is 2. The molecule has 0 aliphatic carbocycles. The van der Waals surface area contributed by atoms with Gasteiger partial charge in [0.25, 0.3) is 0 Å². The number of fused-ring (bicyclic) bond motifs is 1. The van der Waals surface area contributed by atoms with Crippen molar-refractivity contribution in [2.24, 2.45) is 0 Å². The average molecular weight is 295 g/mol. The van der Waals surface area contributed by atoms with Crippen LogP contribution in [0.25, 0.3) is 10.1 Å². The molecule has 0 aliphatic rings. The van der Waals surface area contributed by atoms with Crippen LogP contribution in [0.4, 0.5) is 0 Å². The van der Waals surface area contributed by atoms with Gasteiger partial charge in [-0.1, -0.05) is 48.9 Å². The van der Waals surface area contributed by atoms with Crippen LogP contribution in [0.5, 0.6) is 0 Å². The first-order valence-corrected chi connectivity index (χ1v) is 8.35. The van der Waals surface area contributed by atoms with Gasteiger partial charge in [0.1, 0.15) is 0 Å². The Bertz CT molecular complexity index is 757. The summed E-state index contributed by atoms with van der Waals surface area (Å²) in [5.74, 6) is 0. The zero-order valence-electron chi connectivity index (χ0n) is 12.8. The van der Waals surface area contributed by atoms with Gasteiger partial charge in [-0.25, -0.2) is 0 Å². The van der Waals surface area contributed by atoms with Gasteiger partial charge in [0.15, 0.2) is 0 Å². The van der Waals surface area contributed by atoms with E-state index < -0.39 is 0 Å². The largest absolute Gasteiger partial charge is 0.306 e. The number of rotatable bonds is 4. The lowest BCUT2D eigenvalue weighted by Gasteiger charge is -2.21. The molecule has 0 aliphatic heterocycles. The van der Waals surface area contributed by atoms with Crippen molar-refractivity contribution in [1.82, 2.24) is 5.32 Å². The molecule has 108 valence electrons. The second-order valence-corrected chi connectivity index (χ2v) is 6.45. The molecule has 3 aromatic rings. The van der Waals surface area contributed by atoms with Crippen LogP contribution in [0, 0.1) is 13.8 Å². The Kier molecular flexibility index (Phi) is 4.09. The highest BCUT2D eigenvalue weighted by Crippen LogP contribution is 2.34. The van der Waals surface area contributed by atoms with Crippen molar-refractivity contribution in [1.29, 1.82) is 0 Å². The number of hydrogen-bond donors (Lipinski definition) is 1. The third kappa shape index (κ3) is 2.74. The topological polar surface area (TPSA) is 12.0 Å². The van der Waals surface area contributed by atoms with Gasteiger partial charge < -0.3 is 5.32 Å². The predicted octanol–water partition coefficient (Wildman–Crippen LogP) is 5.22. The van der Waals surface area contributed by atoms with Crippen molar-refractivity contribution in [2.75, 3.05) is 6.54 Å². The van der Waals surface area contributed by atoms with Crippen LogP contribution in [0.3, 0.4) is 0 Å². The van der Waals surface area contributed by atoms with Gasteiger partial charge in [-0.3, -0.25) is 0 Å². The van der Waals surface area contributed by atoms with Crippen LogP contribution < -0.4 is 5.32 Å². The monoisotopic (exact) mass is 295 g/mol. The minimum absolute atomic E-state index is 0.269. The second-order valence-electron chi connectivity index (χ2n) is 5.54. The summed E-state index contributed by atoms with van der Waals surface area (Å²) in [5, 5.41) is 7.34. The maximum atomic E-state index is 3.67. The van der Waals surface area contributed by atoms with Crippen LogP contribution in [0.2, 0.25) is 0 Å². The summed E-state index contributed by atoms with van der Waals surface area (Å²) in [4.78, 5) is 0. The van der Waals surface area contributed by atoms with Crippen LogP contribution in [0.15, 0.2) is 47.8 Å². The van der Waals surface area contributed by atoms with Crippen molar-refractivity contribution in [3.8, 4) is 0 Å². The first kappa shape index (κ1) is 14.3. The average Bonchev–Trinajstić information content (AvgIpc) is 2.91. The van der Waals surface area contributed by atoms with E-state index in [0.29, 0.717) is 0 Å². The number of thiophene rings is 1. The quantitative estimate of drug-likeness (QED) is 0.696. The van der Waals surface area contributed by atoms with Crippen molar-refractivity contribution >= 4 is 21.4 Å². The molecule has 0 fully saturated rings. The Balaban J connectivity index is 2.15. The smallest absolute Gasteiger partial charge is 0.0593 e. The van der Waals surface area contributed by atoms with E-state index in [1.165, 1.54) is 32.3 Å². The number of benzene rings is 2. The van der Waals surface area contributed by atoms with E-state index in [9.17, 15) is 0 Å². The zero-order chi connectivity index (χ0) is 14.8. The summed E-state index contributed by atoms with van der Waals surface area (Å²) in [5.41, 5.74) is 5.45. The first-order valence-electron chi connectivity index (χ1n) is 7.47. The summed E-state index contributed by atoms with van der Waals surface area (Å²) < 4.78 is 1.36. The minimum Gasteiger partial charge on any atom is -0.306 e. The molecule has 0 spiro atoms. The standard InChI is InChI=1S/C19H21NS/c1-4-20-19(16-11-13(2)9-10-14(16)3)17-12-21-18-8-6-5-7-15(17)18/h5-12,19-20H,4H2,1-3H3. The molecular formula is C19H21NS. The van der Waals surface area contributed by atoms with Crippen LogP contribution in [-0.2, 0) is 0 Å². The number of nitrogens with one attached hydrogen (secondary N) is 1. The second kappa shape index (κ2) is 6.00. The molecular weight excluding hydrogens is 274 g/mol. The lowest BCUT2D eigenvalue weighted by Crippen LogP contribution is -2.22. The molecule has 21 heavy (non-hydrogen) atoms. The molecule has 0 amide bonds. The van der Waals surface area contributed by atoms with E-state index in [-0.39, 0.29) is 6.04 Å². The Labute approximate surface area is 130 Å². The fourth-order valence-electron chi connectivity index (χ4n) is 2.88. The molecule has 0 bridgehead atoms. The highest BCUT2D eigenvalue weighted by Gasteiger charge is 2.18. The lowest BCUT2D eigenvalue weighted by atomic mass is 9.93. The maximum Gasteiger partial charge on any atom is 0.0593 e. The van der Waals surface area contributed by atoms with Crippen molar-refractivity contribution in [2.45, 2.75) is 26.8 Å².